The number of H-pyrrole nitrogens is 1. The SMILES string of the molecule is O=C(c1cnc(-c2cnn(CC(F)(F)F)c2)o1)N1CCc2nc[nH]c2[C@@H]1c1cc2ccccc2cn1. The van der Waals surface area contributed by atoms with Crippen LogP contribution in [0.3, 0.4) is 0 Å². The van der Waals surface area contributed by atoms with Crippen LogP contribution in [0.4, 0.5) is 13.2 Å². The molecule has 0 saturated heterocycles. The zero-order chi connectivity index (χ0) is 24.9. The quantitative estimate of drug-likeness (QED) is 0.403. The molecule has 5 heterocycles. The molecule has 0 spiro atoms. The number of alkyl halides is 3. The molecule has 1 atom stereocenters. The molecule has 6 rings (SSSR count). The maximum absolute atomic E-state index is 13.6. The number of carbonyl (C=O) groups excluding carboxylic acids is 1. The topological polar surface area (TPSA) is 106 Å². The van der Waals surface area contributed by atoms with Gasteiger partial charge in [0, 0.05) is 30.7 Å². The van der Waals surface area contributed by atoms with Crippen LogP contribution in [0.15, 0.2) is 65.9 Å². The van der Waals surface area contributed by atoms with Gasteiger partial charge in [-0.25, -0.2) is 9.97 Å². The van der Waals surface area contributed by atoms with Crippen LogP contribution in [0.25, 0.3) is 22.2 Å². The summed E-state index contributed by atoms with van der Waals surface area (Å²) in [7, 11) is 0. The maximum atomic E-state index is 13.6. The third-order valence-corrected chi connectivity index (χ3v) is 6.06. The number of nitrogens with one attached hydrogen (secondary N) is 1. The van der Waals surface area contributed by atoms with Crippen LogP contribution < -0.4 is 0 Å². The number of halogens is 3. The van der Waals surface area contributed by atoms with Crippen LogP contribution in [-0.4, -0.2) is 53.2 Å². The highest BCUT2D eigenvalue weighted by Gasteiger charge is 2.37. The molecule has 0 bridgehead atoms. The van der Waals surface area contributed by atoms with Gasteiger partial charge in [-0.05, 0) is 11.5 Å². The Balaban J connectivity index is 1.32. The van der Waals surface area contributed by atoms with E-state index in [1.807, 2.05) is 30.3 Å². The number of aromatic nitrogens is 6. The number of rotatable bonds is 4. The first-order valence-electron chi connectivity index (χ1n) is 11.1. The molecular formula is C24H18F3N7O2. The van der Waals surface area contributed by atoms with E-state index in [9.17, 15) is 18.0 Å². The Morgan fingerprint density at radius 2 is 1.94 bits per heavy atom. The van der Waals surface area contributed by atoms with Crippen LogP contribution in [0.1, 0.15) is 33.7 Å². The van der Waals surface area contributed by atoms with Gasteiger partial charge in [0.25, 0.3) is 5.91 Å². The molecule has 9 nitrogen and oxygen atoms in total. The summed E-state index contributed by atoms with van der Waals surface area (Å²) in [5.74, 6) is -0.453. The fourth-order valence-corrected chi connectivity index (χ4v) is 4.45. The van der Waals surface area contributed by atoms with Gasteiger partial charge < -0.3 is 14.3 Å². The summed E-state index contributed by atoms with van der Waals surface area (Å²) in [6, 6.07) is 9.22. The standard InChI is InChI=1S/C24H18F3N7O2/c25-24(26,27)12-33-11-16(9-32-33)22-29-10-19(36-22)23(35)34-6-5-17-20(31-13-30-17)21(34)18-7-14-3-1-2-4-15(14)8-28-18/h1-4,7-11,13,21H,5-6,12H2,(H,30,31)/t21-/m0/s1. The first-order chi connectivity index (χ1) is 17.4. The maximum Gasteiger partial charge on any atom is 0.408 e. The predicted molar refractivity (Wildman–Crippen MR) is 121 cm³/mol. The normalized spacial score (nSPS) is 15.9. The summed E-state index contributed by atoms with van der Waals surface area (Å²) in [5, 5.41) is 5.66. The van der Waals surface area contributed by atoms with Gasteiger partial charge >= 0.3 is 6.18 Å². The van der Waals surface area contributed by atoms with E-state index >= 15 is 0 Å². The molecule has 5 aromatic rings. The van der Waals surface area contributed by atoms with Crippen molar-refractivity contribution in [1.29, 1.82) is 0 Å². The average molecular weight is 493 g/mol. The third-order valence-electron chi connectivity index (χ3n) is 6.06. The Bertz CT molecular complexity index is 1570. The number of amides is 1. The van der Waals surface area contributed by atoms with Crippen LogP contribution in [-0.2, 0) is 13.0 Å². The molecular weight excluding hydrogens is 475 g/mol. The molecule has 0 radical (unpaired) electrons. The lowest BCUT2D eigenvalue weighted by Crippen LogP contribution is -2.41. The Morgan fingerprint density at radius 1 is 1.11 bits per heavy atom. The number of hydrogen-bond acceptors (Lipinski definition) is 6. The van der Waals surface area contributed by atoms with E-state index in [4.69, 9.17) is 4.42 Å². The highest BCUT2D eigenvalue weighted by atomic mass is 19.4. The van der Waals surface area contributed by atoms with Crippen molar-refractivity contribution in [3.63, 3.8) is 0 Å². The largest absolute Gasteiger partial charge is 0.431 e. The first-order valence-corrected chi connectivity index (χ1v) is 11.1. The van der Waals surface area contributed by atoms with E-state index in [1.54, 1.807) is 17.4 Å². The van der Waals surface area contributed by atoms with E-state index < -0.39 is 24.7 Å². The minimum absolute atomic E-state index is 0.00592. The van der Waals surface area contributed by atoms with Crippen molar-refractivity contribution >= 4 is 16.7 Å². The fraction of sp³-hybridized carbons (Fsp3) is 0.208. The Hall–Kier alpha value is -4.48. The van der Waals surface area contributed by atoms with E-state index in [-0.39, 0.29) is 17.2 Å². The lowest BCUT2D eigenvalue weighted by Gasteiger charge is -2.34. The Labute approximate surface area is 201 Å². The molecule has 182 valence electrons. The molecule has 12 heteroatoms. The van der Waals surface area contributed by atoms with E-state index in [1.165, 1.54) is 18.6 Å². The summed E-state index contributed by atoms with van der Waals surface area (Å²) in [5.41, 5.74) is 2.53. The summed E-state index contributed by atoms with van der Waals surface area (Å²) in [6.45, 7) is -0.865. The monoisotopic (exact) mass is 493 g/mol. The van der Waals surface area contributed by atoms with Crippen molar-refractivity contribution in [2.24, 2.45) is 0 Å². The zero-order valence-corrected chi connectivity index (χ0v) is 18.6. The molecule has 1 N–H and O–H groups in total. The van der Waals surface area contributed by atoms with Crippen molar-refractivity contribution in [2.45, 2.75) is 25.2 Å². The highest BCUT2D eigenvalue weighted by Crippen LogP contribution is 2.35. The van der Waals surface area contributed by atoms with Crippen molar-refractivity contribution < 1.29 is 22.4 Å². The molecule has 0 aliphatic carbocycles. The van der Waals surface area contributed by atoms with Gasteiger partial charge in [0.2, 0.25) is 11.7 Å². The second-order valence-electron chi connectivity index (χ2n) is 8.44. The second-order valence-corrected chi connectivity index (χ2v) is 8.44. The fourth-order valence-electron chi connectivity index (χ4n) is 4.45. The number of fused-ring (bicyclic) bond motifs is 2. The van der Waals surface area contributed by atoms with Gasteiger partial charge in [-0.1, -0.05) is 24.3 Å². The van der Waals surface area contributed by atoms with Gasteiger partial charge in [-0.2, -0.15) is 18.3 Å². The lowest BCUT2D eigenvalue weighted by atomic mass is 9.97. The number of pyridine rings is 1. The molecule has 4 aromatic heterocycles. The number of aromatic amines is 1. The molecule has 1 aliphatic heterocycles. The molecule has 0 fully saturated rings. The van der Waals surface area contributed by atoms with Crippen LogP contribution in [0, 0.1) is 0 Å². The van der Waals surface area contributed by atoms with E-state index in [2.05, 4.69) is 25.0 Å². The Kier molecular flexibility index (Phi) is 5.09. The Morgan fingerprint density at radius 3 is 2.78 bits per heavy atom. The minimum atomic E-state index is -4.41. The van der Waals surface area contributed by atoms with Gasteiger partial charge in [-0.3, -0.25) is 14.5 Å². The molecule has 1 aromatic carbocycles. The van der Waals surface area contributed by atoms with Crippen molar-refractivity contribution in [1.82, 2.24) is 34.6 Å². The third kappa shape index (κ3) is 4.00. The number of benzene rings is 1. The van der Waals surface area contributed by atoms with Gasteiger partial charge in [0.15, 0.2) is 0 Å². The molecule has 36 heavy (non-hydrogen) atoms. The first kappa shape index (κ1) is 22.0. The molecule has 1 amide bonds. The van der Waals surface area contributed by atoms with Crippen LogP contribution in [0.5, 0.6) is 0 Å². The summed E-state index contributed by atoms with van der Waals surface area (Å²) in [4.78, 5) is 31.5. The van der Waals surface area contributed by atoms with Gasteiger partial charge in [-0.15, -0.1) is 0 Å². The molecule has 0 unspecified atom stereocenters. The van der Waals surface area contributed by atoms with Crippen molar-refractivity contribution in [2.75, 3.05) is 6.54 Å². The highest BCUT2D eigenvalue weighted by molar-refractivity contribution is 5.92. The number of nitrogens with zero attached hydrogens (tertiary/aromatic N) is 6. The predicted octanol–water partition coefficient (Wildman–Crippen LogP) is 4.16. The van der Waals surface area contributed by atoms with E-state index in [0.717, 1.165) is 26.8 Å². The summed E-state index contributed by atoms with van der Waals surface area (Å²) >= 11 is 0. The van der Waals surface area contributed by atoms with Gasteiger partial charge in [0.05, 0.1) is 41.4 Å². The van der Waals surface area contributed by atoms with Gasteiger partial charge in [0.1, 0.15) is 12.6 Å². The summed E-state index contributed by atoms with van der Waals surface area (Å²) < 4.78 is 44.4. The minimum Gasteiger partial charge on any atom is -0.431 e. The van der Waals surface area contributed by atoms with Crippen LogP contribution >= 0.6 is 0 Å². The smallest absolute Gasteiger partial charge is 0.408 e. The zero-order valence-electron chi connectivity index (χ0n) is 18.6. The lowest BCUT2D eigenvalue weighted by molar-refractivity contribution is -0.142. The second kappa shape index (κ2) is 8.33. The number of imidazole rings is 1. The van der Waals surface area contributed by atoms with Crippen molar-refractivity contribution in [3.05, 3.63) is 84.3 Å². The van der Waals surface area contributed by atoms with E-state index in [0.29, 0.717) is 18.7 Å². The average Bonchev–Trinajstić information content (AvgIpc) is 3.62. The molecule has 1 aliphatic rings. The number of oxazole rings is 1. The number of carbonyl (C=O) groups is 1. The van der Waals surface area contributed by atoms with Crippen molar-refractivity contribution in [3.8, 4) is 11.5 Å². The summed E-state index contributed by atoms with van der Waals surface area (Å²) in [6.07, 6.45) is 3.15. The molecule has 0 saturated carbocycles. The van der Waals surface area contributed by atoms with Crippen LogP contribution in [0.2, 0.25) is 0 Å². The number of hydrogen-bond donors (Lipinski definition) is 1.